The van der Waals surface area contributed by atoms with Gasteiger partial charge in [0.15, 0.2) is 0 Å². The first-order valence-electron chi connectivity index (χ1n) is 5.03. The Bertz CT molecular complexity index is 159. The minimum atomic E-state index is -0.509. The third kappa shape index (κ3) is 12.9. The molecule has 15 heavy (non-hydrogen) atoms. The molecular formula is C9H20NNaO2S2. The first kappa shape index (κ1) is 18.3. The molecule has 0 saturated carbocycles. The van der Waals surface area contributed by atoms with Crippen molar-refractivity contribution in [2.75, 3.05) is 6.61 Å². The van der Waals surface area contributed by atoms with Crippen molar-refractivity contribution in [3.63, 3.8) is 0 Å². The monoisotopic (exact) mass is 261 g/mol. The molecule has 0 aromatic carbocycles. The number of thiol groups is 2. The van der Waals surface area contributed by atoms with E-state index in [1.54, 1.807) is 0 Å². The quantitative estimate of drug-likeness (QED) is 0.419. The molecule has 0 aromatic heterocycles. The molecule has 0 fully saturated rings. The molecule has 0 heterocycles. The molecule has 0 atom stereocenters. The molecule has 86 valence electrons. The number of nitrogens with zero attached hydrogens (tertiary/aromatic N) is 1. The topological polar surface area (TPSA) is 29.5 Å². The molecule has 0 aliphatic rings. The molecular weight excluding hydrogens is 241 g/mol. The second-order valence-corrected chi connectivity index (χ2v) is 4.29. The Morgan fingerprint density at radius 3 is 2.20 bits per heavy atom. The summed E-state index contributed by atoms with van der Waals surface area (Å²) in [5, 5.41) is 0. The summed E-state index contributed by atoms with van der Waals surface area (Å²) in [7, 11) is 0. The van der Waals surface area contributed by atoms with Crippen LogP contribution in [-0.4, -0.2) is 46.0 Å². The second-order valence-electron chi connectivity index (χ2n) is 3.17. The summed E-state index contributed by atoms with van der Waals surface area (Å²) in [6, 6.07) is 0. The number of carbonyl (C=O) groups excluding carboxylic acids is 1. The number of rotatable bonds is 7. The summed E-state index contributed by atoms with van der Waals surface area (Å²) >= 11 is 7.37. The van der Waals surface area contributed by atoms with Gasteiger partial charge in [0.05, 0.1) is 6.61 Å². The predicted octanol–water partition coefficient (Wildman–Crippen LogP) is 2.83. The van der Waals surface area contributed by atoms with Gasteiger partial charge in [-0.1, -0.05) is 39.0 Å². The maximum absolute atomic E-state index is 10.8. The predicted molar refractivity (Wildman–Crippen MR) is 71.7 cm³/mol. The van der Waals surface area contributed by atoms with E-state index in [4.69, 9.17) is 4.74 Å². The van der Waals surface area contributed by atoms with Crippen molar-refractivity contribution >= 4 is 61.3 Å². The molecule has 0 aromatic rings. The van der Waals surface area contributed by atoms with Gasteiger partial charge in [-0.05, 0) is 32.1 Å². The van der Waals surface area contributed by atoms with E-state index in [1.807, 2.05) is 0 Å². The van der Waals surface area contributed by atoms with Gasteiger partial charge in [0.2, 0.25) is 0 Å². The zero-order valence-corrected chi connectivity index (χ0v) is 10.4. The number of ether oxygens (including phenoxy) is 1. The van der Waals surface area contributed by atoms with Crippen molar-refractivity contribution in [1.82, 2.24) is 3.71 Å². The van der Waals surface area contributed by atoms with Crippen LogP contribution in [0, 0.1) is 0 Å². The van der Waals surface area contributed by atoms with Gasteiger partial charge in [-0.3, -0.25) is 0 Å². The van der Waals surface area contributed by atoms with Crippen LogP contribution in [0.25, 0.3) is 0 Å². The number of hydrogen-bond donors (Lipinski definition) is 2. The fraction of sp³-hybridized carbons (Fsp3) is 0.889. The molecule has 0 saturated heterocycles. The van der Waals surface area contributed by atoms with Crippen molar-refractivity contribution in [3.05, 3.63) is 0 Å². The van der Waals surface area contributed by atoms with Crippen LogP contribution in [0.4, 0.5) is 4.79 Å². The Hall–Kier alpha value is 0.970. The summed E-state index contributed by atoms with van der Waals surface area (Å²) in [6.07, 6.45) is 6.57. The summed E-state index contributed by atoms with van der Waals surface area (Å²) in [6.45, 7) is 2.65. The Labute approximate surface area is 126 Å². The van der Waals surface area contributed by atoms with Crippen LogP contribution in [0.15, 0.2) is 0 Å². The van der Waals surface area contributed by atoms with Gasteiger partial charge < -0.3 is 4.74 Å². The Kier molecular flexibility index (Phi) is 15.9. The summed E-state index contributed by atoms with van der Waals surface area (Å²) < 4.78 is 5.69. The van der Waals surface area contributed by atoms with Crippen LogP contribution in [-0.2, 0) is 4.74 Å². The van der Waals surface area contributed by atoms with Crippen LogP contribution in [0.1, 0.15) is 45.4 Å². The number of carbonyl (C=O) groups is 1. The van der Waals surface area contributed by atoms with Gasteiger partial charge in [0.1, 0.15) is 0 Å². The van der Waals surface area contributed by atoms with Gasteiger partial charge in [0, 0.05) is 0 Å². The van der Waals surface area contributed by atoms with Crippen molar-refractivity contribution in [2.45, 2.75) is 45.4 Å². The van der Waals surface area contributed by atoms with Crippen LogP contribution in [0.3, 0.4) is 0 Å². The fourth-order valence-corrected chi connectivity index (χ4v) is 1.22. The first-order chi connectivity index (χ1) is 6.68. The average Bonchev–Trinajstić information content (AvgIpc) is 2.16. The Morgan fingerprint density at radius 2 is 1.67 bits per heavy atom. The van der Waals surface area contributed by atoms with E-state index in [0.29, 0.717) is 6.61 Å². The molecule has 0 aliphatic carbocycles. The van der Waals surface area contributed by atoms with E-state index in [-0.39, 0.29) is 29.6 Å². The normalized spacial score (nSPS) is 9.27. The van der Waals surface area contributed by atoms with Crippen molar-refractivity contribution in [1.29, 1.82) is 0 Å². The molecule has 0 aliphatic heterocycles. The van der Waals surface area contributed by atoms with E-state index in [1.165, 1.54) is 25.7 Å². The van der Waals surface area contributed by atoms with Crippen molar-refractivity contribution in [2.24, 2.45) is 0 Å². The van der Waals surface area contributed by atoms with Gasteiger partial charge >= 0.3 is 35.7 Å². The molecule has 3 nitrogen and oxygen atoms in total. The molecule has 0 unspecified atom stereocenters. The molecule has 0 bridgehead atoms. The second kappa shape index (κ2) is 13.0. The van der Waals surface area contributed by atoms with E-state index in [2.05, 4.69) is 32.6 Å². The molecule has 1 amide bonds. The van der Waals surface area contributed by atoms with Crippen molar-refractivity contribution < 1.29 is 9.53 Å². The van der Waals surface area contributed by atoms with Gasteiger partial charge in [0.25, 0.3) is 0 Å². The summed E-state index contributed by atoms with van der Waals surface area (Å²) in [5.74, 6) is 0. The third-order valence-corrected chi connectivity index (χ3v) is 2.21. The van der Waals surface area contributed by atoms with E-state index < -0.39 is 6.09 Å². The molecule has 6 heteroatoms. The number of hydrogen-bond acceptors (Lipinski definition) is 4. The van der Waals surface area contributed by atoms with Gasteiger partial charge in [-0.2, -0.15) is 3.71 Å². The zero-order chi connectivity index (χ0) is 10.8. The summed E-state index contributed by atoms with van der Waals surface area (Å²) in [5.41, 5.74) is 0. The van der Waals surface area contributed by atoms with E-state index >= 15 is 0 Å². The van der Waals surface area contributed by atoms with Crippen molar-refractivity contribution in [3.8, 4) is 0 Å². The van der Waals surface area contributed by atoms with Gasteiger partial charge in [-0.25, -0.2) is 4.79 Å². The SMILES string of the molecule is CCCCCCCCOC(=O)N(S)S.[NaH]. The van der Waals surface area contributed by atoms with E-state index in [0.717, 1.165) is 16.6 Å². The summed E-state index contributed by atoms with van der Waals surface area (Å²) in [4.78, 5) is 10.8. The molecule has 0 radical (unpaired) electrons. The zero-order valence-electron chi connectivity index (χ0n) is 8.61. The third-order valence-electron chi connectivity index (χ3n) is 1.89. The van der Waals surface area contributed by atoms with Gasteiger partial charge in [-0.15, -0.1) is 0 Å². The van der Waals surface area contributed by atoms with Crippen LogP contribution < -0.4 is 0 Å². The minimum absolute atomic E-state index is 0. The molecule has 0 spiro atoms. The standard InChI is InChI=1S/C9H19NO2S2.Na.H/c1-2-3-4-5-6-7-8-12-9(11)10(13)14;;/h13-14H,2-8H2,1H3;;. The Balaban J connectivity index is 0. The Morgan fingerprint density at radius 1 is 1.13 bits per heavy atom. The average molecular weight is 261 g/mol. The van der Waals surface area contributed by atoms with E-state index in [9.17, 15) is 4.79 Å². The number of unbranched alkanes of at least 4 members (excludes halogenated alkanes) is 5. The van der Waals surface area contributed by atoms with Crippen LogP contribution >= 0.6 is 25.6 Å². The molecule has 0 N–H and O–H groups in total. The number of amides is 1. The van der Waals surface area contributed by atoms with Crippen LogP contribution in [0.2, 0.25) is 0 Å². The first-order valence-corrected chi connectivity index (χ1v) is 5.83. The van der Waals surface area contributed by atoms with Crippen LogP contribution in [0.5, 0.6) is 0 Å². The fourth-order valence-electron chi connectivity index (χ4n) is 1.10. The maximum atomic E-state index is 10.8. The molecule has 0 rings (SSSR count).